The Kier molecular flexibility index (Phi) is 5.97. The summed E-state index contributed by atoms with van der Waals surface area (Å²) in [6.07, 6.45) is -4.40. The van der Waals surface area contributed by atoms with Crippen molar-refractivity contribution in [3.05, 3.63) is 48.0 Å². The van der Waals surface area contributed by atoms with E-state index in [9.17, 15) is 13.2 Å². The molecule has 156 valence electrons. The minimum absolute atomic E-state index is 0.339. The number of anilines is 2. The van der Waals surface area contributed by atoms with Crippen molar-refractivity contribution in [1.82, 2.24) is 4.72 Å². The SMILES string of the molecule is CNSc1ccc(Nc2cccc(C(F)(F)F)c2)c(B2OC(C)(C)C(C)(C)O2)c1. The van der Waals surface area contributed by atoms with Crippen molar-refractivity contribution >= 4 is 35.9 Å². The molecule has 0 saturated carbocycles. The van der Waals surface area contributed by atoms with Gasteiger partial charge < -0.3 is 14.6 Å². The molecule has 4 nitrogen and oxygen atoms in total. The molecule has 0 amide bonds. The molecule has 0 bridgehead atoms. The van der Waals surface area contributed by atoms with Crippen molar-refractivity contribution in [2.75, 3.05) is 12.4 Å². The topological polar surface area (TPSA) is 42.5 Å². The molecular weight excluding hydrogens is 400 g/mol. The van der Waals surface area contributed by atoms with Crippen LogP contribution < -0.4 is 15.5 Å². The Hall–Kier alpha value is -1.68. The lowest BCUT2D eigenvalue weighted by Gasteiger charge is -2.32. The first-order chi connectivity index (χ1) is 13.4. The molecule has 29 heavy (non-hydrogen) atoms. The standard InChI is InChI=1S/C20H24BF3N2O2S/c1-18(2)19(3,4)28-21(27-18)16-12-15(29-25-5)9-10-17(16)26-14-8-6-7-13(11-14)20(22,23)24/h6-12,25-26H,1-5H3. The first-order valence-electron chi connectivity index (χ1n) is 9.20. The van der Waals surface area contributed by atoms with Crippen LogP contribution in [-0.2, 0) is 15.5 Å². The van der Waals surface area contributed by atoms with Crippen LogP contribution >= 0.6 is 11.9 Å². The molecule has 1 saturated heterocycles. The van der Waals surface area contributed by atoms with Gasteiger partial charge in [-0.2, -0.15) is 13.2 Å². The van der Waals surface area contributed by atoms with Crippen molar-refractivity contribution in [3.8, 4) is 0 Å². The molecule has 1 aliphatic heterocycles. The van der Waals surface area contributed by atoms with Crippen LogP contribution in [0.4, 0.5) is 24.5 Å². The molecule has 2 aromatic carbocycles. The van der Waals surface area contributed by atoms with E-state index < -0.39 is 30.1 Å². The van der Waals surface area contributed by atoms with E-state index in [1.165, 1.54) is 18.0 Å². The van der Waals surface area contributed by atoms with Crippen molar-refractivity contribution < 1.29 is 22.5 Å². The summed E-state index contributed by atoms with van der Waals surface area (Å²) < 4.78 is 54.5. The van der Waals surface area contributed by atoms with E-state index in [-0.39, 0.29) is 0 Å². The third kappa shape index (κ3) is 4.74. The normalized spacial score (nSPS) is 18.1. The van der Waals surface area contributed by atoms with E-state index in [0.717, 1.165) is 22.5 Å². The van der Waals surface area contributed by atoms with Crippen molar-refractivity contribution in [1.29, 1.82) is 0 Å². The van der Waals surface area contributed by atoms with Gasteiger partial charge in [0.25, 0.3) is 0 Å². The first-order valence-corrected chi connectivity index (χ1v) is 10.0. The molecule has 2 aromatic rings. The van der Waals surface area contributed by atoms with E-state index in [0.29, 0.717) is 11.4 Å². The second-order valence-electron chi connectivity index (χ2n) is 7.85. The van der Waals surface area contributed by atoms with Crippen LogP contribution in [-0.4, -0.2) is 25.4 Å². The molecule has 0 unspecified atom stereocenters. The fourth-order valence-corrected chi connectivity index (χ4v) is 3.49. The molecule has 9 heteroatoms. The number of halogens is 3. The van der Waals surface area contributed by atoms with Gasteiger partial charge in [0.05, 0.1) is 16.8 Å². The Morgan fingerprint density at radius 2 is 1.62 bits per heavy atom. The van der Waals surface area contributed by atoms with E-state index >= 15 is 0 Å². The lowest BCUT2D eigenvalue weighted by Crippen LogP contribution is -2.41. The smallest absolute Gasteiger partial charge is 0.399 e. The Labute approximate surface area is 173 Å². The molecular formula is C20H24BF3N2O2S. The highest BCUT2D eigenvalue weighted by Gasteiger charge is 2.52. The highest BCUT2D eigenvalue weighted by atomic mass is 32.2. The summed E-state index contributed by atoms with van der Waals surface area (Å²) in [6.45, 7) is 7.83. The lowest BCUT2D eigenvalue weighted by atomic mass is 9.77. The first kappa shape index (κ1) is 22.0. The van der Waals surface area contributed by atoms with E-state index in [1.54, 1.807) is 6.07 Å². The minimum Gasteiger partial charge on any atom is -0.399 e. The molecule has 1 fully saturated rings. The maximum Gasteiger partial charge on any atom is 0.497 e. The number of hydrogen-bond donors (Lipinski definition) is 2. The highest BCUT2D eigenvalue weighted by Crippen LogP contribution is 2.38. The number of rotatable bonds is 5. The van der Waals surface area contributed by atoms with Crippen LogP contribution in [0, 0.1) is 0 Å². The number of hydrogen-bond acceptors (Lipinski definition) is 5. The molecule has 0 aliphatic carbocycles. The molecule has 0 atom stereocenters. The van der Waals surface area contributed by atoms with E-state index in [4.69, 9.17) is 9.31 Å². The van der Waals surface area contributed by atoms with E-state index in [1.807, 2.05) is 52.9 Å². The zero-order valence-corrected chi connectivity index (χ0v) is 17.8. The Balaban J connectivity index is 1.97. The van der Waals surface area contributed by atoms with Crippen LogP contribution in [0.15, 0.2) is 47.4 Å². The van der Waals surface area contributed by atoms with Gasteiger partial charge in [0.15, 0.2) is 0 Å². The summed E-state index contributed by atoms with van der Waals surface area (Å²) in [5.41, 5.74) is -0.0764. The second kappa shape index (κ2) is 7.87. The summed E-state index contributed by atoms with van der Waals surface area (Å²) >= 11 is 1.43. The fourth-order valence-electron chi connectivity index (χ4n) is 2.93. The predicted octanol–water partition coefficient (Wildman–Crippen LogP) is 4.97. The van der Waals surface area contributed by atoms with Gasteiger partial charge in [0.1, 0.15) is 0 Å². The van der Waals surface area contributed by atoms with Gasteiger partial charge in [0.2, 0.25) is 0 Å². The van der Waals surface area contributed by atoms with Crippen LogP contribution in [0.5, 0.6) is 0 Å². The predicted molar refractivity (Wildman–Crippen MR) is 112 cm³/mol. The summed E-state index contributed by atoms with van der Waals surface area (Å²) in [5, 5.41) is 3.10. The van der Waals surface area contributed by atoms with Crippen LogP contribution in [0.25, 0.3) is 0 Å². The van der Waals surface area contributed by atoms with Gasteiger partial charge in [-0.05, 0) is 83.1 Å². The monoisotopic (exact) mass is 424 g/mol. The zero-order valence-electron chi connectivity index (χ0n) is 17.0. The Morgan fingerprint density at radius 1 is 0.966 bits per heavy atom. The van der Waals surface area contributed by atoms with Gasteiger partial charge in [-0.15, -0.1) is 0 Å². The molecule has 3 rings (SSSR count). The number of nitrogens with one attached hydrogen (secondary N) is 2. The Morgan fingerprint density at radius 3 is 2.21 bits per heavy atom. The van der Waals surface area contributed by atoms with Crippen molar-refractivity contribution in [3.63, 3.8) is 0 Å². The molecule has 1 aliphatic rings. The summed E-state index contributed by atoms with van der Waals surface area (Å²) in [7, 11) is 1.17. The quantitative estimate of drug-likeness (QED) is 0.524. The van der Waals surface area contributed by atoms with Crippen LogP contribution in [0.2, 0.25) is 0 Å². The van der Waals surface area contributed by atoms with Gasteiger partial charge in [-0.1, -0.05) is 6.07 Å². The maximum absolute atomic E-state index is 13.1. The number of benzene rings is 2. The summed E-state index contributed by atoms with van der Waals surface area (Å²) in [5.74, 6) is 0. The number of alkyl halides is 3. The summed E-state index contributed by atoms with van der Waals surface area (Å²) in [4.78, 5) is 0.937. The molecule has 0 aromatic heterocycles. The molecule has 0 spiro atoms. The van der Waals surface area contributed by atoms with Crippen LogP contribution in [0.3, 0.4) is 0 Å². The van der Waals surface area contributed by atoms with E-state index in [2.05, 4.69) is 10.0 Å². The third-order valence-corrected chi connectivity index (χ3v) is 5.91. The molecule has 0 radical (unpaired) electrons. The molecule has 2 N–H and O–H groups in total. The largest absolute Gasteiger partial charge is 0.497 e. The average molecular weight is 424 g/mol. The van der Waals surface area contributed by atoms with Crippen molar-refractivity contribution in [2.24, 2.45) is 0 Å². The average Bonchev–Trinajstić information content (AvgIpc) is 2.83. The third-order valence-electron chi connectivity index (χ3n) is 5.22. The molecule has 1 heterocycles. The van der Waals surface area contributed by atoms with Crippen molar-refractivity contribution in [2.45, 2.75) is 50.0 Å². The van der Waals surface area contributed by atoms with Gasteiger partial charge in [-0.3, -0.25) is 4.72 Å². The van der Waals surface area contributed by atoms with Gasteiger partial charge >= 0.3 is 13.3 Å². The highest BCUT2D eigenvalue weighted by molar-refractivity contribution is 7.97. The minimum atomic E-state index is -4.40. The second-order valence-corrected chi connectivity index (χ2v) is 8.93. The van der Waals surface area contributed by atoms with Gasteiger partial charge in [0, 0.05) is 21.7 Å². The summed E-state index contributed by atoms with van der Waals surface area (Å²) in [6, 6.07) is 10.7. The maximum atomic E-state index is 13.1. The Bertz CT molecular complexity index is 874. The lowest BCUT2D eigenvalue weighted by molar-refractivity contribution is -0.137. The van der Waals surface area contributed by atoms with Crippen LogP contribution in [0.1, 0.15) is 33.3 Å². The van der Waals surface area contributed by atoms with Gasteiger partial charge in [-0.25, -0.2) is 0 Å². The zero-order chi connectivity index (χ0) is 21.4. The fraction of sp³-hybridized carbons (Fsp3) is 0.400.